The zero-order chi connectivity index (χ0) is 18.9. The van der Waals surface area contributed by atoms with E-state index in [4.69, 9.17) is 0 Å². The van der Waals surface area contributed by atoms with E-state index in [-0.39, 0.29) is 11.3 Å². The predicted molar refractivity (Wildman–Crippen MR) is 111 cm³/mol. The van der Waals surface area contributed by atoms with Gasteiger partial charge in [0.1, 0.15) is 5.75 Å². The van der Waals surface area contributed by atoms with E-state index in [1.54, 1.807) is 12.1 Å². The van der Waals surface area contributed by atoms with Crippen LogP contribution < -0.4 is 4.90 Å². The monoisotopic (exact) mass is 350 g/mol. The van der Waals surface area contributed by atoms with Crippen LogP contribution in [0.3, 0.4) is 0 Å². The lowest BCUT2D eigenvalue weighted by Gasteiger charge is -2.48. The Morgan fingerprint density at radius 2 is 1.92 bits per heavy atom. The molecule has 0 saturated heterocycles. The molecule has 0 aromatic heterocycles. The van der Waals surface area contributed by atoms with Crippen LogP contribution in [0.15, 0.2) is 41.4 Å². The maximum atomic E-state index is 9.40. The van der Waals surface area contributed by atoms with E-state index >= 15 is 0 Å². The summed E-state index contributed by atoms with van der Waals surface area (Å²) in [6.07, 6.45) is 4.26. The summed E-state index contributed by atoms with van der Waals surface area (Å²) < 4.78 is 0. The molecule has 3 nitrogen and oxygen atoms in total. The van der Waals surface area contributed by atoms with Crippen molar-refractivity contribution in [2.24, 2.45) is 4.99 Å². The van der Waals surface area contributed by atoms with Gasteiger partial charge >= 0.3 is 0 Å². The molecule has 1 N–H and O–H groups in total. The smallest absolute Gasteiger partial charge is 0.115 e. The first kappa shape index (κ1) is 18.5. The molecule has 0 amide bonds. The summed E-state index contributed by atoms with van der Waals surface area (Å²) in [5.74, 6) is 0.802. The molecule has 0 radical (unpaired) electrons. The molecule has 0 bridgehead atoms. The number of hydrogen-bond acceptors (Lipinski definition) is 3. The maximum absolute atomic E-state index is 9.40. The number of anilines is 1. The molecule has 3 heteroatoms. The van der Waals surface area contributed by atoms with E-state index in [0.717, 1.165) is 25.1 Å². The third-order valence-corrected chi connectivity index (χ3v) is 5.42. The summed E-state index contributed by atoms with van der Waals surface area (Å²) in [4.78, 5) is 7.17. The number of aliphatic imine (C=N–C) groups is 1. The first-order valence-corrected chi connectivity index (χ1v) is 9.57. The third kappa shape index (κ3) is 3.62. The maximum Gasteiger partial charge on any atom is 0.115 e. The molecule has 3 rings (SSSR count). The van der Waals surface area contributed by atoms with E-state index in [9.17, 15) is 5.11 Å². The third-order valence-electron chi connectivity index (χ3n) is 5.42. The van der Waals surface area contributed by atoms with E-state index in [2.05, 4.69) is 56.6 Å². The lowest BCUT2D eigenvalue weighted by Crippen LogP contribution is -2.48. The number of fused-ring (bicyclic) bond motifs is 1. The molecule has 0 saturated carbocycles. The van der Waals surface area contributed by atoms with Gasteiger partial charge in [-0.05, 0) is 92.6 Å². The lowest BCUT2D eigenvalue weighted by molar-refractivity contribution is 0.376. The highest BCUT2D eigenvalue weighted by atomic mass is 16.3. The molecule has 1 atom stereocenters. The van der Waals surface area contributed by atoms with Crippen LogP contribution in [0.25, 0.3) is 0 Å². The van der Waals surface area contributed by atoms with Crippen LogP contribution in [0.5, 0.6) is 5.75 Å². The van der Waals surface area contributed by atoms with Gasteiger partial charge in [-0.3, -0.25) is 4.99 Å². The van der Waals surface area contributed by atoms with Gasteiger partial charge in [0.05, 0.1) is 5.69 Å². The van der Waals surface area contributed by atoms with Gasteiger partial charge < -0.3 is 10.0 Å². The van der Waals surface area contributed by atoms with Crippen molar-refractivity contribution in [1.82, 2.24) is 0 Å². The average molecular weight is 351 g/mol. The first-order valence-electron chi connectivity index (χ1n) is 9.57. The van der Waals surface area contributed by atoms with Crippen LogP contribution in [0.2, 0.25) is 0 Å². The molecule has 26 heavy (non-hydrogen) atoms. The lowest BCUT2D eigenvalue weighted by atomic mass is 9.79. The van der Waals surface area contributed by atoms with Crippen molar-refractivity contribution < 1.29 is 5.11 Å². The number of phenols is 1. The van der Waals surface area contributed by atoms with E-state index in [1.165, 1.54) is 22.4 Å². The van der Waals surface area contributed by atoms with Gasteiger partial charge in [-0.15, -0.1) is 0 Å². The predicted octanol–water partition coefficient (Wildman–Crippen LogP) is 5.95. The van der Waals surface area contributed by atoms with Crippen LogP contribution >= 0.6 is 0 Å². The van der Waals surface area contributed by atoms with Crippen molar-refractivity contribution in [2.75, 3.05) is 11.4 Å². The molecule has 1 aliphatic heterocycles. The highest BCUT2D eigenvalue weighted by Crippen LogP contribution is 2.44. The van der Waals surface area contributed by atoms with Crippen molar-refractivity contribution >= 4 is 17.6 Å². The number of aryl methyl sites for hydroxylation is 1. The van der Waals surface area contributed by atoms with E-state index in [1.807, 2.05) is 18.3 Å². The van der Waals surface area contributed by atoms with Gasteiger partial charge in [-0.25, -0.2) is 0 Å². The molecule has 2 aromatic carbocycles. The summed E-state index contributed by atoms with van der Waals surface area (Å²) in [7, 11) is 0. The van der Waals surface area contributed by atoms with Gasteiger partial charge in [0.2, 0.25) is 0 Å². The first-order chi connectivity index (χ1) is 12.3. The molecular formula is C23H30N2O. The van der Waals surface area contributed by atoms with Gasteiger partial charge in [-0.1, -0.05) is 13.8 Å². The molecule has 0 fully saturated rings. The molecule has 0 aliphatic carbocycles. The Hall–Kier alpha value is -2.29. The van der Waals surface area contributed by atoms with Crippen molar-refractivity contribution in [3.8, 4) is 5.75 Å². The topological polar surface area (TPSA) is 35.8 Å². The van der Waals surface area contributed by atoms with Crippen molar-refractivity contribution in [2.45, 2.75) is 58.9 Å². The van der Waals surface area contributed by atoms with Crippen molar-refractivity contribution in [1.29, 1.82) is 0 Å². The second-order valence-corrected chi connectivity index (χ2v) is 8.11. The molecule has 0 spiro atoms. The van der Waals surface area contributed by atoms with Gasteiger partial charge in [0, 0.05) is 24.0 Å². The van der Waals surface area contributed by atoms with Crippen LogP contribution in [0.4, 0.5) is 11.4 Å². The molecule has 1 heterocycles. The molecular weight excluding hydrogens is 320 g/mol. The number of aromatic hydroxyl groups is 1. The standard InChI is InChI=1S/C23H30N2O/c1-6-11-25-22-12-16(2)18(13-21(22)17(3)14-23(25,4)5)15-24-19-7-9-20(26)10-8-19/h7-10,12-13,15,17,26H,6,11,14H2,1-5H3. The zero-order valence-corrected chi connectivity index (χ0v) is 16.6. The SMILES string of the molecule is CCCN1c2cc(C)c(C=Nc3ccc(O)cc3)cc2C(C)CC1(C)C. The number of hydrogen-bond donors (Lipinski definition) is 1. The number of nitrogens with zero attached hydrogens (tertiary/aromatic N) is 2. The minimum Gasteiger partial charge on any atom is -0.508 e. The van der Waals surface area contributed by atoms with Gasteiger partial charge in [0.15, 0.2) is 0 Å². The summed E-state index contributed by atoms with van der Waals surface area (Å²) in [5.41, 5.74) is 6.26. The van der Waals surface area contributed by atoms with Gasteiger partial charge in [-0.2, -0.15) is 0 Å². The Morgan fingerprint density at radius 1 is 1.23 bits per heavy atom. The molecule has 1 unspecified atom stereocenters. The second kappa shape index (κ2) is 7.14. The fourth-order valence-corrected chi connectivity index (χ4v) is 4.12. The van der Waals surface area contributed by atoms with E-state index < -0.39 is 0 Å². The summed E-state index contributed by atoms with van der Waals surface area (Å²) >= 11 is 0. The van der Waals surface area contributed by atoms with E-state index in [0.29, 0.717) is 5.92 Å². The molecule has 1 aliphatic rings. The van der Waals surface area contributed by atoms with Crippen LogP contribution in [0, 0.1) is 6.92 Å². The molecule has 2 aromatic rings. The normalized spacial score (nSPS) is 19.0. The highest BCUT2D eigenvalue weighted by molar-refractivity contribution is 5.86. The number of phenolic OH excluding ortho intramolecular Hbond substituents is 1. The minimum atomic E-state index is 0.191. The minimum absolute atomic E-state index is 0.191. The Morgan fingerprint density at radius 3 is 2.58 bits per heavy atom. The number of rotatable bonds is 4. The Labute approximate surface area is 157 Å². The van der Waals surface area contributed by atoms with Crippen molar-refractivity contribution in [3.05, 3.63) is 53.1 Å². The summed E-state index contributed by atoms with van der Waals surface area (Å²) in [5, 5.41) is 9.40. The second-order valence-electron chi connectivity index (χ2n) is 8.11. The largest absolute Gasteiger partial charge is 0.508 e. The van der Waals surface area contributed by atoms with Crippen LogP contribution in [0.1, 0.15) is 63.1 Å². The summed E-state index contributed by atoms with van der Waals surface area (Å²) in [6.45, 7) is 12.6. The Kier molecular flexibility index (Phi) is 5.08. The Balaban J connectivity index is 1.98. The van der Waals surface area contributed by atoms with Crippen LogP contribution in [-0.2, 0) is 0 Å². The fourth-order valence-electron chi connectivity index (χ4n) is 4.12. The average Bonchev–Trinajstić information content (AvgIpc) is 2.58. The van der Waals surface area contributed by atoms with Gasteiger partial charge in [0.25, 0.3) is 0 Å². The number of benzene rings is 2. The van der Waals surface area contributed by atoms with Crippen LogP contribution in [-0.4, -0.2) is 23.4 Å². The quantitative estimate of drug-likeness (QED) is 0.691. The molecule has 138 valence electrons. The zero-order valence-electron chi connectivity index (χ0n) is 16.6. The van der Waals surface area contributed by atoms with Crippen molar-refractivity contribution in [3.63, 3.8) is 0 Å². The highest BCUT2D eigenvalue weighted by Gasteiger charge is 2.36. The Bertz CT molecular complexity index is 806. The summed E-state index contributed by atoms with van der Waals surface area (Å²) in [6, 6.07) is 11.6. The fraction of sp³-hybridized carbons (Fsp3) is 0.435.